The monoisotopic (exact) mass is 240 g/mol. The van der Waals surface area contributed by atoms with Crippen molar-refractivity contribution in [3.05, 3.63) is 0 Å². The molecule has 3 nitrogen and oxygen atoms in total. The summed E-state index contributed by atoms with van der Waals surface area (Å²) in [5.41, 5.74) is -0.0892. The summed E-state index contributed by atoms with van der Waals surface area (Å²) < 4.78 is 5.88. The molecule has 0 atom stereocenters. The van der Waals surface area contributed by atoms with Crippen molar-refractivity contribution in [3.63, 3.8) is 0 Å². The third-order valence-corrected chi connectivity index (χ3v) is 3.03. The van der Waals surface area contributed by atoms with E-state index in [0.717, 1.165) is 18.9 Å². The molecule has 17 heavy (non-hydrogen) atoms. The predicted molar refractivity (Wildman–Crippen MR) is 73.2 cm³/mol. The largest absolute Gasteiger partial charge is 0.472 e. The van der Waals surface area contributed by atoms with E-state index in [-0.39, 0.29) is 5.60 Å². The van der Waals surface area contributed by atoms with Crippen LogP contribution >= 0.6 is 0 Å². The van der Waals surface area contributed by atoms with E-state index in [1.54, 1.807) is 0 Å². The Labute approximate surface area is 106 Å². The van der Waals surface area contributed by atoms with Gasteiger partial charge in [-0.25, -0.2) is 0 Å². The van der Waals surface area contributed by atoms with Crippen molar-refractivity contribution >= 4 is 5.90 Å². The lowest BCUT2D eigenvalue weighted by Crippen LogP contribution is -2.43. The molecule has 0 aromatic heterocycles. The molecule has 0 fully saturated rings. The second-order valence-corrected chi connectivity index (χ2v) is 5.69. The number of likely N-dealkylation sites (N-methyl/N-ethyl adjacent to an activating group) is 1. The molecule has 100 valence electrons. The normalized spacial score (nSPS) is 18.8. The van der Waals surface area contributed by atoms with E-state index in [9.17, 15) is 0 Å². The van der Waals surface area contributed by atoms with Crippen molar-refractivity contribution in [2.45, 2.75) is 71.3 Å². The predicted octanol–water partition coefficient (Wildman–Crippen LogP) is 3.79. The molecule has 0 radical (unpaired) electrons. The van der Waals surface area contributed by atoms with Crippen LogP contribution in [0.4, 0.5) is 0 Å². The van der Waals surface area contributed by atoms with Gasteiger partial charge in [0.1, 0.15) is 5.60 Å². The van der Waals surface area contributed by atoms with Crippen molar-refractivity contribution in [2.75, 3.05) is 13.6 Å². The third kappa shape index (κ3) is 5.94. The third-order valence-electron chi connectivity index (χ3n) is 3.03. The van der Waals surface area contributed by atoms with Crippen molar-refractivity contribution in [1.82, 2.24) is 5.01 Å². The molecule has 1 aliphatic heterocycles. The summed E-state index contributed by atoms with van der Waals surface area (Å²) in [5, 5.41) is 6.44. The summed E-state index contributed by atoms with van der Waals surface area (Å²) in [5.74, 6) is 0.916. The van der Waals surface area contributed by atoms with Crippen LogP contribution in [0.3, 0.4) is 0 Å². The van der Waals surface area contributed by atoms with E-state index in [1.807, 2.05) is 12.1 Å². The smallest absolute Gasteiger partial charge is 0.206 e. The molecule has 0 aliphatic carbocycles. The van der Waals surface area contributed by atoms with Crippen LogP contribution in [-0.2, 0) is 4.74 Å². The van der Waals surface area contributed by atoms with Gasteiger partial charge in [-0.2, -0.15) is 0 Å². The average Bonchev–Trinajstić information content (AvgIpc) is 2.20. The Morgan fingerprint density at radius 2 is 1.82 bits per heavy atom. The molecule has 0 N–H and O–H groups in total. The minimum atomic E-state index is -0.0892. The highest BCUT2D eigenvalue weighted by Gasteiger charge is 2.27. The minimum Gasteiger partial charge on any atom is -0.472 e. The summed E-state index contributed by atoms with van der Waals surface area (Å²) in [6.45, 7) is 7.37. The van der Waals surface area contributed by atoms with Crippen LogP contribution < -0.4 is 0 Å². The van der Waals surface area contributed by atoms with Gasteiger partial charge in [0.2, 0.25) is 5.90 Å². The zero-order valence-electron chi connectivity index (χ0n) is 12.0. The number of nitrogens with zero attached hydrogens (tertiary/aromatic N) is 2. The van der Waals surface area contributed by atoms with E-state index in [4.69, 9.17) is 4.74 Å². The van der Waals surface area contributed by atoms with Crippen LogP contribution in [0.5, 0.6) is 0 Å². The Morgan fingerprint density at radius 1 is 1.18 bits per heavy atom. The molecule has 1 aliphatic rings. The fourth-order valence-corrected chi connectivity index (χ4v) is 2.31. The van der Waals surface area contributed by atoms with Crippen molar-refractivity contribution in [1.29, 1.82) is 0 Å². The quantitative estimate of drug-likeness (QED) is 0.632. The maximum absolute atomic E-state index is 5.88. The Kier molecular flexibility index (Phi) is 5.79. The lowest BCUT2D eigenvalue weighted by atomic mass is 10.1. The van der Waals surface area contributed by atoms with Gasteiger partial charge >= 0.3 is 0 Å². The molecule has 0 aromatic rings. The van der Waals surface area contributed by atoms with Gasteiger partial charge in [0.25, 0.3) is 0 Å². The van der Waals surface area contributed by atoms with Crippen LogP contribution in [0.25, 0.3) is 0 Å². The first-order valence-corrected chi connectivity index (χ1v) is 7.01. The number of rotatable bonds is 7. The average molecular weight is 240 g/mol. The lowest BCUT2D eigenvalue weighted by Gasteiger charge is -2.35. The Morgan fingerprint density at radius 3 is 2.47 bits per heavy atom. The van der Waals surface area contributed by atoms with Gasteiger partial charge < -0.3 is 4.74 Å². The highest BCUT2D eigenvalue weighted by molar-refractivity contribution is 5.76. The molecule has 3 heteroatoms. The molecule has 0 bridgehead atoms. The van der Waals surface area contributed by atoms with Crippen LogP contribution in [0.2, 0.25) is 0 Å². The SMILES string of the molecule is CCCCCCCCC1=NN(C)CC(C)(C)O1. The zero-order chi connectivity index (χ0) is 12.7. The Balaban J connectivity index is 2.18. The Bertz CT molecular complexity index is 249. The molecule has 0 saturated carbocycles. The molecule has 0 aromatic carbocycles. The molecule has 0 unspecified atom stereocenters. The number of unbranched alkanes of at least 4 members (excludes halogenated alkanes) is 5. The minimum absolute atomic E-state index is 0.0892. The van der Waals surface area contributed by atoms with Crippen molar-refractivity contribution in [2.24, 2.45) is 5.10 Å². The van der Waals surface area contributed by atoms with E-state index in [2.05, 4.69) is 25.9 Å². The van der Waals surface area contributed by atoms with Gasteiger partial charge in [0.15, 0.2) is 0 Å². The first kappa shape index (κ1) is 14.3. The highest BCUT2D eigenvalue weighted by atomic mass is 16.5. The topological polar surface area (TPSA) is 24.8 Å². The fourth-order valence-electron chi connectivity index (χ4n) is 2.31. The number of hydrogen-bond acceptors (Lipinski definition) is 3. The number of hydrogen-bond donors (Lipinski definition) is 0. The summed E-state index contributed by atoms with van der Waals surface area (Å²) in [6, 6.07) is 0. The first-order valence-electron chi connectivity index (χ1n) is 7.01. The van der Waals surface area contributed by atoms with Crippen LogP contribution in [0, 0.1) is 0 Å². The lowest BCUT2D eigenvalue weighted by molar-refractivity contribution is 0.0274. The molecular formula is C14H28N2O. The van der Waals surface area contributed by atoms with Gasteiger partial charge in [-0.3, -0.25) is 5.01 Å². The molecule has 1 heterocycles. The second-order valence-electron chi connectivity index (χ2n) is 5.69. The summed E-state index contributed by atoms with van der Waals surface area (Å²) in [4.78, 5) is 0. The number of ether oxygens (including phenoxy) is 1. The van der Waals surface area contributed by atoms with Gasteiger partial charge in [0, 0.05) is 13.5 Å². The zero-order valence-corrected chi connectivity index (χ0v) is 12.0. The molecule has 0 spiro atoms. The van der Waals surface area contributed by atoms with Gasteiger partial charge in [-0.1, -0.05) is 39.0 Å². The second kappa shape index (κ2) is 6.87. The van der Waals surface area contributed by atoms with Crippen LogP contribution in [-0.4, -0.2) is 30.1 Å². The maximum Gasteiger partial charge on any atom is 0.206 e. The molecule has 0 amide bonds. The van der Waals surface area contributed by atoms with E-state index < -0.39 is 0 Å². The number of hydrazone groups is 1. The van der Waals surface area contributed by atoms with Gasteiger partial charge in [-0.15, -0.1) is 5.10 Å². The van der Waals surface area contributed by atoms with Gasteiger partial charge in [0.05, 0.1) is 6.54 Å². The van der Waals surface area contributed by atoms with E-state index in [0.29, 0.717) is 0 Å². The van der Waals surface area contributed by atoms with E-state index in [1.165, 1.54) is 38.5 Å². The van der Waals surface area contributed by atoms with Gasteiger partial charge in [-0.05, 0) is 20.3 Å². The Hall–Kier alpha value is -0.730. The first-order chi connectivity index (χ1) is 8.03. The van der Waals surface area contributed by atoms with Crippen LogP contribution in [0.15, 0.2) is 5.10 Å². The molecular weight excluding hydrogens is 212 g/mol. The van der Waals surface area contributed by atoms with Crippen LogP contribution in [0.1, 0.15) is 65.7 Å². The summed E-state index contributed by atoms with van der Waals surface area (Å²) in [6.07, 6.45) is 8.89. The van der Waals surface area contributed by atoms with E-state index >= 15 is 0 Å². The summed E-state index contributed by atoms with van der Waals surface area (Å²) >= 11 is 0. The van der Waals surface area contributed by atoms with Crippen molar-refractivity contribution < 1.29 is 4.74 Å². The molecule has 1 rings (SSSR count). The highest BCUT2D eigenvalue weighted by Crippen LogP contribution is 2.19. The maximum atomic E-state index is 5.88. The summed E-state index contributed by atoms with van der Waals surface area (Å²) in [7, 11) is 2.02. The fraction of sp³-hybridized carbons (Fsp3) is 0.929. The standard InChI is InChI=1S/C14H28N2O/c1-5-6-7-8-9-10-11-13-15-16(4)12-14(2,3)17-13/h5-12H2,1-4H3. The van der Waals surface area contributed by atoms with Crippen molar-refractivity contribution in [3.8, 4) is 0 Å². The molecule has 0 saturated heterocycles.